The molecule has 0 saturated heterocycles. The van der Waals surface area contributed by atoms with Crippen molar-refractivity contribution < 1.29 is 19.8 Å². The van der Waals surface area contributed by atoms with Crippen LogP contribution in [0.25, 0.3) is 0 Å². The summed E-state index contributed by atoms with van der Waals surface area (Å²) in [7, 11) is 0. The topological polar surface area (TPSA) is 86.6 Å². The maximum absolute atomic E-state index is 11.3. The van der Waals surface area contributed by atoms with Gasteiger partial charge >= 0.3 is 5.97 Å². The molecular formula is C13H14BrNO4. The molecule has 0 unspecified atom stereocenters. The molecule has 6 heteroatoms. The summed E-state index contributed by atoms with van der Waals surface area (Å²) >= 11 is 3.36. The number of aliphatic hydroxyl groups is 1. The first-order valence-electron chi connectivity index (χ1n) is 5.99. The predicted molar refractivity (Wildman–Crippen MR) is 72.9 cm³/mol. The smallest absolute Gasteiger partial charge is 0.303 e. The van der Waals surface area contributed by atoms with Crippen LogP contribution in [0.3, 0.4) is 0 Å². The number of aliphatic hydroxyl groups excluding tert-OH is 1. The number of fused-ring (bicyclic) bond motifs is 1. The van der Waals surface area contributed by atoms with Crippen molar-refractivity contribution in [2.24, 2.45) is 0 Å². The second-order valence-corrected chi connectivity index (χ2v) is 5.41. The molecule has 0 bridgehead atoms. The SMILES string of the molecule is O=C(O)CCC[C@H](O)c1cc2c(cc1Br)NC(=O)C2. The van der Waals surface area contributed by atoms with E-state index < -0.39 is 12.1 Å². The molecule has 0 saturated carbocycles. The second-order valence-electron chi connectivity index (χ2n) is 4.56. The van der Waals surface area contributed by atoms with Crippen LogP contribution in [0.15, 0.2) is 16.6 Å². The molecule has 0 aliphatic carbocycles. The van der Waals surface area contributed by atoms with Crippen molar-refractivity contribution in [1.82, 2.24) is 0 Å². The number of aliphatic carboxylic acids is 1. The summed E-state index contributed by atoms with van der Waals surface area (Å²) in [6.45, 7) is 0. The monoisotopic (exact) mass is 327 g/mol. The quantitative estimate of drug-likeness (QED) is 0.774. The molecule has 102 valence electrons. The zero-order valence-electron chi connectivity index (χ0n) is 10.1. The lowest BCUT2D eigenvalue weighted by Crippen LogP contribution is -2.03. The van der Waals surface area contributed by atoms with Crippen LogP contribution in [0.2, 0.25) is 0 Å². The number of carbonyl (C=O) groups is 2. The Morgan fingerprint density at radius 3 is 2.89 bits per heavy atom. The molecule has 0 spiro atoms. The molecule has 0 aromatic heterocycles. The van der Waals surface area contributed by atoms with Gasteiger partial charge in [0.05, 0.1) is 12.5 Å². The van der Waals surface area contributed by atoms with Gasteiger partial charge in [0.1, 0.15) is 0 Å². The average Bonchev–Trinajstić information content (AvgIpc) is 2.66. The maximum Gasteiger partial charge on any atom is 0.303 e. The summed E-state index contributed by atoms with van der Waals surface area (Å²) in [6.07, 6.45) is 0.425. The highest BCUT2D eigenvalue weighted by Gasteiger charge is 2.21. The predicted octanol–water partition coefficient (Wildman–Crippen LogP) is 2.23. The van der Waals surface area contributed by atoms with Gasteiger partial charge in [-0.05, 0) is 36.1 Å². The molecule has 0 radical (unpaired) electrons. The fourth-order valence-corrected chi connectivity index (χ4v) is 2.73. The highest BCUT2D eigenvalue weighted by Crippen LogP contribution is 2.34. The molecule has 1 aromatic rings. The van der Waals surface area contributed by atoms with Crippen molar-refractivity contribution >= 4 is 33.5 Å². The van der Waals surface area contributed by atoms with E-state index in [2.05, 4.69) is 21.2 Å². The van der Waals surface area contributed by atoms with Gasteiger partial charge in [-0.1, -0.05) is 15.9 Å². The molecule has 1 heterocycles. The van der Waals surface area contributed by atoms with Crippen LogP contribution in [-0.2, 0) is 16.0 Å². The Balaban J connectivity index is 2.10. The minimum atomic E-state index is -0.866. The van der Waals surface area contributed by atoms with E-state index in [1.807, 2.05) is 0 Å². The van der Waals surface area contributed by atoms with Crippen LogP contribution in [0.5, 0.6) is 0 Å². The van der Waals surface area contributed by atoms with Crippen LogP contribution in [-0.4, -0.2) is 22.1 Å². The summed E-state index contributed by atoms with van der Waals surface area (Å²) in [6, 6.07) is 3.57. The van der Waals surface area contributed by atoms with Gasteiger partial charge < -0.3 is 15.5 Å². The number of anilines is 1. The number of hydrogen-bond acceptors (Lipinski definition) is 3. The molecule has 1 atom stereocenters. The van der Waals surface area contributed by atoms with E-state index in [-0.39, 0.29) is 12.3 Å². The number of halogens is 1. The Kier molecular flexibility index (Phi) is 4.21. The highest BCUT2D eigenvalue weighted by molar-refractivity contribution is 9.10. The Morgan fingerprint density at radius 1 is 1.47 bits per heavy atom. The van der Waals surface area contributed by atoms with Crippen molar-refractivity contribution in [2.45, 2.75) is 31.8 Å². The molecule has 2 rings (SSSR count). The van der Waals surface area contributed by atoms with E-state index in [1.165, 1.54) is 0 Å². The lowest BCUT2D eigenvalue weighted by Gasteiger charge is -2.14. The first-order valence-corrected chi connectivity index (χ1v) is 6.78. The number of benzene rings is 1. The molecule has 1 amide bonds. The molecular weight excluding hydrogens is 314 g/mol. The van der Waals surface area contributed by atoms with Gasteiger partial charge in [-0.3, -0.25) is 9.59 Å². The lowest BCUT2D eigenvalue weighted by atomic mass is 10.0. The third kappa shape index (κ3) is 3.33. The summed E-state index contributed by atoms with van der Waals surface area (Å²) in [5, 5.41) is 21.4. The van der Waals surface area contributed by atoms with Crippen molar-refractivity contribution in [3.05, 3.63) is 27.7 Å². The van der Waals surface area contributed by atoms with Gasteiger partial charge in [-0.25, -0.2) is 0 Å². The number of carboxylic acid groups (broad SMARTS) is 1. The van der Waals surface area contributed by atoms with Crippen LogP contribution in [0.1, 0.15) is 36.5 Å². The van der Waals surface area contributed by atoms with E-state index in [0.717, 1.165) is 15.7 Å². The Morgan fingerprint density at radius 2 is 2.21 bits per heavy atom. The number of hydrogen-bond donors (Lipinski definition) is 3. The number of carboxylic acids is 1. The second kappa shape index (κ2) is 5.71. The van der Waals surface area contributed by atoms with Crippen molar-refractivity contribution in [1.29, 1.82) is 0 Å². The van der Waals surface area contributed by atoms with Gasteiger partial charge in [0.2, 0.25) is 5.91 Å². The number of amides is 1. The summed E-state index contributed by atoms with van der Waals surface area (Å²) in [5.74, 6) is -0.922. The van der Waals surface area contributed by atoms with Gasteiger partial charge in [0, 0.05) is 16.6 Å². The first kappa shape index (κ1) is 14.0. The third-order valence-corrected chi connectivity index (χ3v) is 3.76. The molecule has 3 N–H and O–H groups in total. The Labute approximate surface area is 118 Å². The van der Waals surface area contributed by atoms with E-state index in [4.69, 9.17) is 5.11 Å². The molecule has 19 heavy (non-hydrogen) atoms. The first-order chi connectivity index (χ1) is 8.97. The fourth-order valence-electron chi connectivity index (χ4n) is 2.12. The lowest BCUT2D eigenvalue weighted by molar-refractivity contribution is -0.137. The minimum absolute atomic E-state index is 0.0413. The standard InChI is InChI=1S/C13H14BrNO4/c14-9-6-10-7(5-12(17)15-10)4-8(9)11(16)2-1-3-13(18)19/h4,6,11,16H,1-3,5H2,(H,15,17)(H,18,19)/t11-/m0/s1. The third-order valence-electron chi connectivity index (χ3n) is 3.07. The minimum Gasteiger partial charge on any atom is -0.481 e. The maximum atomic E-state index is 11.3. The van der Waals surface area contributed by atoms with Gasteiger partial charge in [0.25, 0.3) is 0 Å². The zero-order chi connectivity index (χ0) is 14.0. The Hall–Kier alpha value is -1.40. The van der Waals surface area contributed by atoms with Crippen LogP contribution >= 0.6 is 15.9 Å². The Bertz CT molecular complexity index is 530. The summed E-state index contributed by atoms with van der Waals surface area (Å²) in [5.41, 5.74) is 2.32. The van der Waals surface area contributed by atoms with Crippen LogP contribution in [0.4, 0.5) is 5.69 Å². The van der Waals surface area contributed by atoms with E-state index in [9.17, 15) is 14.7 Å². The number of nitrogens with one attached hydrogen (secondary N) is 1. The van der Waals surface area contributed by atoms with Crippen LogP contribution in [0, 0.1) is 0 Å². The van der Waals surface area contributed by atoms with E-state index in [1.54, 1.807) is 12.1 Å². The molecule has 5 nitrogen and oxygen atoms in total. The van der Waals surface area contributed by atoms with E-state index >= 15 is 0 Å². The van der Waals surface area contributed by atoms with Gasteiger partial charge in [-0.15, -0.1) is 0 Å². The normalized spacial score (nSPS) is 14.9. The van der Waals surface area contributed by atoms with Crippen molar-refractivity contribution in [3.8, 4) is 0 Å². The number of rotatable bonds is 5. The molecule has 0 fully saturated rings. The zero-order valence-corrected chi connectivity index (χ0v) is 11.7. The van der Waals surface area contributed by atoms with Gasteiger partial charge in [-0.2, -0.15) is 0 Å². The largest absolute Gasteiger partial charge is 0.481 e. The van der Waals surface area contributed by atoms with Gasteiger partial charge in [0.15, 0.2) is 0 Å². The van der Waals surface area contributed by atoms with Crippen molar-refractivity contribution in [3.63, 3.8) is 0 Å². The molecule has 1 aliphatic rings. The average molecular weight is 328 g/mol. The summed E-state index contributed by atoms with van der Waals surface area (Å²) in [4.78, 5) is 21.7. The number of carbonyl (C=O) groups excluding carboxylic acids is 1. The molecule has 1 aromatic carbocycles. The van der Waals surface area contributed by atoms with E-state index in [0.29, 0.717) is 24.8 Å². The fraction of sp³-hybridized carbons (Fsp3) is 0.385. The van der Waals surface area contributed by atoms with Crippen LogP contribution < -0.4 is 5.32 Å². The van der Waals surface area contributed by atoms with Crippen molar-refractivity contribution in [2.75, 3.05) is 5.32 Å². The molecule has 1 aliphatic heterocycles. The summed E-state index contributed by atoms with van der Waals surface area (Å²) < 4.78 is 0.719. The highest BCUT2D eigenvalue weighted by atomic mass is 79.9.